The Labute approximate surface area is 60.6 Å². The van der Waals surface area contributed by atoms with Gasteiger partial charge in [-0.05, 0) is 6.42 Å². The van der Waals surface area contributed by atoms with E-state index in [1.807, 2.05) is 0 Å². The molecule has 3 N–H and O–H groups in total. The van der Waals surface area contributed by atoms with Gasteiger partial charge in [0.2, 0.25) is 6.30 Å². The Bertz CT molecular complexity index is 110. The molecule has 0 aliphatic carbocycles. The molecule has 0 heterocycles. The minimum Gasteiger partial charge on any atom is -0.352 e. The molecular weight excluding hydrogens is 134 g/mol. The first-order chi connectivity index (χ1) is 4.68. The fourth-order valence-corrected chi connectivity index (χ4v) is 0.411. The van der Waals surface area contributed by atoms with Crippen LogP contribution in [0.3, 0.4) is 0 Å². The van der Waals surface area contributed by atoms with Crippen molar-refractivity contribution >= 4 is 13.8 Å². The van der Waals surface area contributed by atoms with E-state index in [1.54, 1.807) is 0 Å². The van der Waals surface area contributed by atoms with E-state index in [9.17, 15) is 9.18 Å². The van der Waals surface area contributed by atoms with E-state index >= 15 is 0 Å². The molecule has 0 fully saturated rings. The second-order valence-electron chi connectivity index (χ2n) is 1.84. The number of rotatable bonds is 4. The molecule has 0 aromatic rings. The lowest BCUT2D eigenvalue weighted by molar-refractivity contribution is -0.125. The number of hydrogen-bond donors (Lipinski definition) is 2. The Kier molecular flexibility index (Phi) is 4.93. The Morgan fingerprint density at radius 3 is 2.80 bits per heavy atom. The zero-order valence-corrected chi connectivity index (χ0v) is 5.64. The second kappa shape index (κ2) is 5.23. The third-order valence-electron chi connectivity index (χ3n) is 0.931. The van der Waals surface area contributed by atoms with Crippen LogP contribution in [0.2, 0.25) is 6.32 Å². The number of hydrogen-bond acceptors (Lipinski definition) is 2. The zero-order valence-electron chi connectivity index (χ0n) is 5.64. The summed E-state index contributed by atoms with van der Waals surface area (Å²) in [5.41, 5.74) is 4.61. The van der Waals surface area contributed by atoms with Crippen LogP contribution in [0, 0.1) is 0 Å². The largest absolute Gasteiger partial charge is 0.352 e. The highest BCUT2D eigenvalue weighted by atomic mass is 19.1. The van der Waals surface area contributed by atoms with Gasteiger partial charge in [0, 0.05) is 6.54 Å². The van der Waals surface area contributed by atoms with Crippen LogP contribution in [0.4, 0.5) is 4.39 Å². The van der Waals surface area contributed by atoms with Gasteiger partial charge in [-0.1, -0.05) is 6.32 Å². The lowest BCUT2D eigenvalue weighted by atomic mass is 10.0. The van der Waals surface area contributed by atoms with Crippen LogP contribution in [-0.4, -0.2) is 26.6 Å². The van der Waals surface area contributed by atoms with Crippen LogP contribution in [0.1, 0.15) is 6.42 Å². The molecule has 5 heteroatoms. The van der Waals surface area contributed by atoms with Crippen LogP contribution >= 0.6 is 0 Å². The van der Waals surface area contributed by atoms with Gasteiger partial charge in [0.15, 0.2) is 0 Å². The monoisotopic (exact) mass is 144 g/mol. The maximum Gasteiger partial charge on any atom is 0.269 e. The molecule has 56 valence electrons. The molecule has 0 saturated carbocycles. The smallest absolute Gasteiger partial charge is 0.269 e. The van der Waals surface area contributed by atoms with Crippen molar-refractivity contribution < 1.29 is 9.18 Å². The van der Waals surface area contributed by atoms with Crippen LogP contribution in [0.25, 0.3) is 0 Å². The van der Waals surface area contributed by atoms with Crippen LogP contribution in [0.15, 0.2) is 0 Å². The van der Waals surface area contributed by atoms with E-state index in [2.05, 4.69) is 11.1 Å². The summed E-state index contributed by atoms with van der Waals surface area (Å²) in [5, 5.41) is 2.26. The summed E-state index contributed by atoms with van der Waals surface area (Å²) in [6.07, 6.45) is -0.807. The Hall–Kier alpha value is -0.575. The van der Waals surface area contributed by atoms with Crippen molar-refractivity contribution in [2.45, 2.75) is 19.0 Å². The Morgan fingerprint density at radius 2 is 2.40 bits per heavy atom. The first-order valence-corrected chi connectivity index (χ1v) is 3.06. The Balaban J connectivity index is 3.22. The van der Waals surface area contributed by atoms with Crippen molar-refractivity contribution in [1.29, 1.82) is 0 Å². The van der Waals surface area contributed by atoms with Gasteiger partial charge in [0.05, 0.1) is 7.85 Å². The lowest BCUT2D eigenvalue weighted by Gasteiger charge is -2.03. The summed E-state index contributed by atoms with van der Waals surface area (Å²) in [6, 6.07) is 0. The molecule has 10 heavy (non-hydrogen) atoms. The van der Waals surface area contributed by atoms with E-state index in [1.165, 1.54) is 0 Å². The highest BCUT2D eigenvalue weighted by molar-refractivity contribution is 6.08. The van der Waals surface area contributed by atoms with Gasteiger partial charge in [0.25, 0.3) is 5.91 Å². The van der Waals surface area contributed by atoms with Crippen molar-refractivity contribution in [2.75, 3.05) is 6.54 Å². The minimum atomic E-state index is -1.92. The summed E-state index contributed by atoms with van der Waals surface area (Å²) in [5.74, 6) is -0.784. The van der Waals surface area contributed by atoms with E-state index in [-0.39, 0.29) is 0 Å². The molecule has 0 spiro atoms. The van der Waals surface area contributed by atoms with Crippen LogP contribution < -0.4 is 11.1 Å². The van der Waals surface area contributed by atoms with Crippen LogP contribution in [0.5, 0.6) is 0 Å². The predicted molar refractivity (Wildman–Crippen MR) is 37.3 cm³/mol. The van der Waals surface area contributed by atoms with Crippen molar-refractivity contribution in [1.82, 2.24) is 5.32 Å². The topological polar surface area (TPSA) is 55.1 Å². The molecule has 0 bridgehead atoms. The maximum absolute atomic E-state index is 11.9. The average Bonchev–Trinajstić information content (AvgIpc) is 1.88. The number of nitrogens with two attached hydrogens (primary N) is 1. The maximum atomic E-state index is 11.9. The van der Waals surface area contributed by atoms with E-state index in [4.69, 9.17) is 7.85 Å². The molecule has 0 aliphatic heterocycles. The minimum absolute atomic E-state index is 0.382. The molecule has 3 nitrogen and oxygen atoms in total. The molecule has 0 aliphatic rings. The highest BCUT2D eigenvalue weighted by Gasteiger charge is 2.08. The first kappa shape index (κ1) is 9.42. The summed E-state index contributed by atoms with van der Waals surface area (Å²) in [4.78, 5) is 10.4. The van der Waals surface area contributed by atoms with E-state index < -0.39 is 12.2 Å². The molecule has 1 unspecified atom stereocenters. The summed E-state index contributed by atoms with van der Waals surface area (Å²) in [6.45, 7) is 0.382. The molecule has 0 aromatic carbocycles. The van der Waals surface area contributed by atoms with Crippen molar-refractivity contribution in [3.05, 3.63) is 0 Å². The van der Waals surface area contributed by atoms with Gasteiger partial charge in [-0.25, -0.2) is 4.39 Å². The molecular formula is C5H10BFN2O. The summed E-state index contributed by atoms with van der Waals surface area (Å²) >= 11 is 0. The first-order valence-electron chi connectivity index (χ1n) is 3.06. The van der Waals surface area contributed by atoms with Gasteiger partial charge in [-0.3, -0.25) is 10.5 Å². The second-order valence-corrected chi connectivity index (χ2v) is 1.84. The standard InChI is InChI=1S/C5H10BFN2O/c6-2-1-3-9-5(10)4(7)8/h4H,1-3,8H2,(H,9,10). The Morgan fingerprint density at radius 1 is 1.80 bits per heavy atom. The average molecular weight is 144 g/mol. The third-order valence-corrected chi connectivity index (χ3v) is 0.931. The lowest BCUT2D eigenvalue weighted by Crippen LogP contribution is -2.37. The fourth-order valence-electron chi connectivity index (χ4n) is 0.411. The molecule has 2 radical (unpaired) electrons. The number of halogens is 1. The van der Waals surface area contributed by atoms with E-state index in [0.29, 0.717) is 19.3 Å². The summed E-state index contributed by atoms with van der Waals surface area (Å²) in [7, 11) is 5.11. The number of nitrogens with one attached hydrogen (secondary N) is 1. The highest BCUT2D eigenvalue weighted by Crippen LogP contribution is 1.83. The number of alkyl halides is 1. The SMILES string of the molecule is [B]CCCNC(=O)C(N)F. The van der Waals surface area contributed by atoms with Gasteiger partial charge in [-0.15, -0.1) is 0 Å². The number of amides is 1. The van der Waals surface area contributed by atoms with E-state index in [0.717, 1.165) is 0 Å². The molecule has 0 saturated heterocycles. The predicted octanol–water partition coefficient (Wildman–Crippen LogP) is -0.666. The molecule has 0 rings (SSSR count). The normalized spacial score (nSPS) is 12.6. The number of carbonyl (C=O) groups excluding carboxylic acids is 1. The molecule has 1 atom stereocenters. The van der Waals surface area contributed by atoms with Crippen molar-refractivity contribution in [3.63, 3.8) is 0 Å². The van der Waals surface area contributed by atoms with Crippen molar-refractivity contribution in [3.8, 4) is 0 Å². The summed E-state index contributed by atoms with van der Waals surface area (Å²) < 4.78 is 11.9. The molecule has 0 aromatic heterocycles. The molecule has 1 amide bonds. The number of carbonyl (C=O) groups is 1. The van der Waals surface area contributed by atoms with Crippen molar-refractivity contribution in [2.24, 2.45) is 5.73 Å². The van der Waals surface area contributed by atoms with Crippen LogP contribution in [-0.2, 0) is 4.79 Å². The van der Waals surface area contributed by atoms with Gasteiger partial charge >= 0.3 is 0 Å². The van der Waals surface area contributed by atoms with Gasteiger partial charge < -0.3 is 5.32 Å². The van der Waals surface area contributed by atoms with Gasteiger partial charge in [0.1, 0.15) is 0 Å². The third kappa shape index (κ3) is 4.32. The zero-order chi connectivity index (χ0) is 7.98. The van der Waals surface area contributed by atoms with Gasteiger partial charge in [-0.2, -0.15) is 0 Å². The quantitative estimate of drug-likeness (QED) is 0.312. The fraction of sp³-hybridized carbons (Fsp3) is 0.800.